The molecule has 3 N–H and O–H groups in total. The van der Waals surface area contributed by atoms with Crippen LogP contribution in [0.3, 0.4) is 0 Å². The van der Waals surface area contributed by atoms with Gasteiger partial charge in [0.05, 0.1) is 12.7 Å². The number of morpholine rings is 1. The summed E-state index contributed by atoms with van der Waals surface area (Å²) in [4.78, 5) is 36.7. The lowest BCUT2D eigenvalue weighted by molar-refractivity contribution is -0.138. The molecule has 2 aliphatic heterocycles. The van der Waals surface area contributed by atoms with Crippen LogP contribution in [0, 0.1) is 0 Å². The van der Waals surface area contributed by atoms with Gasteiger partial charge in [0, 0.05) is 13.0 Å². The molecule has 31 heavy (non-hydrogen) atoms. The molecule has 0 radical (unpaired) electrons. The Bertz CT molecular complexity index is 924. The number of rotatable bonds is 9. The minimum atomic E-state index is -1.74. The van der Waals surface area contributed by atoms with Gasteiger partial charge in [-0.25, -0.2) is 4.79 Å². The van der Waals surface area contributed by atoms with Crippen LogP contribution in [0.15, 0.2) is 58.7 Å². The number of ether oxygens (including phenoxy) is 2. The molecule has 0 spiro atoms. The van der Waals surface area contributed by atoms with E-state index in [4.69, 9.17) is 14.6 Å². The molecule has 168 valence electrons. The molecule has 0 aromatic heterocycles. The Morgan fingerprint density at radius 2 is 1.90 bits per heavy atom. The number of nitrogens with one attached hydrogen (secondary N) is 1. The van der Waals surface area contributed by atoms with Gasteiger partial charge >= 0.3 is 5.97 Å². The minimum absolute atomic E-state index is 0.122. The number of carbonyl (C=O) groups is 3. The Labute approximate surface area is 181 Å². The van der Waals surface area contributed by atoms with Crippen molar-refractivity contribution in [3.8, 4) is 0 Å². The number of hydrogen-bond donors (Lipinski definition) is 3. The number of epoxide rings is 1. The highest BCUT2D eigenvalue weighted by Crippen LogP contribution is 2.50. The molecule has 0 aromatic rings. The molecule has 2 heterocycles. The van der Waals surface area contributed by atoms with Crippen LogP contribution in [0.4, 0.5) is 0 Å². The van der Waals surface area contributed by atoms with Crippen molar-refractivity contribution in [2.75, 3.05) is 13.7 Å². The summed E-state index contributed by atoms with van der Waals surface area (Å²) >= 11 is 0. The molecule has 0 saturated carbocycles. The largest absolute Gasteiger partial charge is 0.465 e. The SMILES string of the molecule is C\C=C(/C=C(C)/C=C(C)/C=C/C=C(\C)C(=O)[C@]12OC1[C@](O)(CCO)NC2=O)C(=O)OC. The fraction of sp³-hybridized carbons (Fsp3) is 0.435. The third-order valence-electron chi connectivity index (χ3n) is 5.18. The van der Waals surface area contributed by atoms with Crippen LogP contribution in [-0.4, -0.2) is 59.0 Å². The number of ketones is 1. The maximum atomic E-state index is 12.8. The highest BCUT2D eigenvalue weighted by Gasteiger charge is 2.80. The zero-order valence-corrected chi connectivity index (χ0v) is 18.4. The fourth-order valence-corrected chi connectivity index (χ4v) is 3.54. The van der Waals surface area contributed by atoms with E-state index in [9.17, 15) is 19.5 Å². The summed E-state index contributed by atoms with van der Waals surface area (Å²) in [5.74, 6) is -1.64. The monoisotopic (exact) mass is 431 g/mol. The van der Waals surface area contributed by atoms with E-state index in [-0.39, 0.29) is 13.0 Å². The molecule has 2 rings (SSSR count). The molecule has 0 aliphatic carbocycles. The Morgan fingerprint density at radius 3 is 2.45 bits per heavy atom. The van der Waals surface area contributed by atoms with Crippen LogP contribution in [0.1, 0.15) is 34.1 Å². The van der Waals surface area contributed by atoms with E-state index >= 15 is 0 Å². The van der Waals surface area contributed by atoms with E-state index in [0.29, 0.717) is 11.1 Å². The number of allylic oxidation sites excluding steroid dienone is 7. The van der Waals surface area contributed by atoms with Crippen LogP contribution < -0.4 is 5.32 Å². The van der Waals surface area contributed by atoms with Crippen LogP contribution >= 0.6 is 0 Å². The van der Waals surface area contributed by atoms with E-state index in [1.165, 1.54) is 7.11 Å². The Hall–Kier alpha value is -2.81. The predicted octanol–water partition coefficient (Wildman–Crippen LogP) is 1.41. The van der Waals surface area contributed by atoms with Gasteiger partial charge in [0.15, 0.2) is 11.8 Å². The smallest absolute Gasteiger partial charge is 0.337 e. The molecule has 1 unspecified atom stereocenters. The van der Waals surface area contributed by atoms with Crippen molar-refractivity contribution < 1.29 is 34.1 Å². The van der Waals surface area contributed by atoms with Gasteiger partial charge in [-0.15, -0.1) is 0 Å². The first-order chi connectivity index (χ1) is 14.5. The Morgan fingerprint density at radius 1 is 1.23 bits per heavy atom. The zero-order chi connectivity index (χ0) is 23.4. The summed E-state index contributed by atoms with van der Waals surface area (Å²) in [5, 5.41) is 21.8. The van der Waals surface area contributed by atoms with Gasteiger partial charge in [-0.1, -0.05) is 41.5 Å². The average Bonchev–Trinajstić information content (AvgIpc) is 3.44. The topological polar surface area (TPSA) is 125 Å². The van der Waals surface area contributed by atoms with Crippen molar-refractivity contribution in [3.05, 3.63) is 58.7 Å². The van der Waals surface area contributed by atoms with Crippen molar-refractivity contribution in [2.24, 2.45) is 0 Å². The minimum Gasteiger partial charge on any atom is -0.465 e. The van der Waals surface area contributed by atoms with Gasteiger partial charge in [-0.05, 0) is 39.3 Å². The number of fused-ring (bicyclic) bond motifs is 1. The number of Topliss-reactive ketones (excluding diaryl/α,β-unsaturated/α-hetero) is 1. The summed E-state index contributed by atoms with van der Waals surface area (Å²) in [6.07, 6.45) is 9.13. The average molecular weight is 431 g/mol. The van der Waals surface area contributed by atoms with Gasteiger partial charge in [0.1, 0.15) is 0 Å². The molecule has 3 atom stereocenters. The van der Waals surface area contributed by atoms with Crippen molar-refractivity contribution in [1.82, 2.24) is 5.32 Å². The van der Waals surface area contributed by atoms with Gasteiger partial charge in [0.2, 0.25) is 11.4 Å². The van der Waals surface area contributed by atoms with Crippen LogP contribution in [-0.2, 0) is 23.9 Å². The molecule has 2 saturated heterocycles. The molecule has 8 heteroatoms. The molecular formula is C23H29NO7. The number of carbonyl (C=O) groups excluding carboxylic acids is 3. The maximum absolute atomic E-state index is 12.8. The third-order valence-corrected chi connectivity index (χ3v) is 5.18. The van der Waals surface area contributed by atoms with Crippen LogP contribution in [0.25, 0.3) is 0 Å². The second-order valence-corrected chi connectivity index (χ2v) is 7.64. The van der Waals surface area contributed by atoms with E-state index in [1.807, 2.05) is 19.9 Å². The lowest BCUT2D eigenvalue weighted by Gasteiger charge is -2.22. The summed E-state index contributed by atoms with van der Waals surface area (Å²) < 4.78 is 10.0. The first-order valence-electron chi connectivity index (χ1n) is 9.90. The summed E-state index contributed by atoms with van der Waals surface area (Å²) in [6, 6.07) is 0. The van der Waals surface area contributed by atoms with Crippen LogP contribution in [0.5, 0.6) is 0 Å². The normalized spacial score (nSPS) is 29.1. The van der Waals surface area contributed by atoms with Crippen molar-refractivity contribution >= 4 is 17.7 Å². The molecule has 1 amide bonds. The molecule has 8 nitrogen and oxygen atoms in total. The molecular weight excluding hydrogens is 402 g/mol. The van der Waals surface area contributed by atoms with Crippen molar-refractivity contribution in [2.45, 2.75) is 51.5 Å². The number of esters is 1. The Balaban J connectivity index is 2.08. The highest BCUT2D eigenvalue weighted by atomic mass is 16.6. The molecule has 0 aromatic carbocycles. The Kier molecular flexibility index (Phi) is 7.54. The quantitative estimate of drug-likeness (QED) is 0.166. The number of amides is 1. The standard InChI is InChI=1S/C23H29NO7/c1-6-17(19(27)30-5)13-15(3)12-14(2)8-7-9-16(4)18(26)23-20(31-23)22(29,10-11-25)24-21(23)28/h6-9,12-13,20,25,29H,10-11H2,1-5H3,(H,24,28)/b8-7+,14-12+,15-13+,16-9+,17-6+/t20?,22-,23+/m1/s1. The lowest BCUT2D eigenvalue weighted by Crippen LogP contribution is -2.48. The van der Waals surface area contributed by atoms with Gasteiger partial charge < -0.3 is 25.0 Å². The molecule has 2 aliphatic rings. The maximum Gasteiger partial charge on any atom is 0.337 e. The number of methoxy groups -OCH3 is 1. The second-order valence-electron chi connectivity index (χ2n) is 7.64. The second kappa shape index (κ2) is 9.55. The fourth-order valence-electron chi connectivity index (χ4n) is 3.54. The predicted molar refractivity (Wildman–Crippen MR) is 114 cm³/mol. The number of hydrogen-bond acceptors (Lipinski definition) is 7. The third kappa shape index (κ3) is 4.92. The van der Waals surface area contributed by atoms with Crippen molar-refractivity contribution in [1.29, 1.82) is 0 Å². The summed E-state index contributed by atoms with van der Waals surface area (Å²) in [7, 11) is 1.33. The molecule has 2 fully saturated rings. The van der Waals surface area contributed by atoms with E-state index in [1.54, 1.807) is 44.2 Å². The van der Waals surface area contributed by atoms with Crippen molar-refractivity contribution in [3.63, 3.8) is 0 Å². The van der Waals surface area contributed by atoms with E-state index in [2.05, 4.69) is 5.32 Å². The van der Waals surface area contributed by atoms with Gasteiger partial charge in [-0.3, -0.25) is 9.59 Å². The first-order valence-corrected chi connectivity index (χ1v) is 9.90. The first kappa shape index (κ1) is 24.5. The summed E-state index contributed by atoms with van der Waals surface area (Å²) in [6.45, 7) is 6.68. The number of aliphatic hydroxyl groups is 2. The van der Waals surface area contributed by atoms with E-state index < -0.39 is 35.1 Å². The van der Waals surface area contributed by atoms with Gasteiger partial charge in [0.25, 0.3) is 5.91 Å². The highest BCUT2D eigenvalue weighted by molar-refractivity contribution is 6.21. The van der Waals surface area contributed by atoms with E-state index in [0.717, 1.165) is 11.1 Å². The van der Waals surface area contributed by atoms with Gasteiger partial charge in [-0.2, -0.15) is 0 Å². The summed E-state index contributed by atoms with van der Waals surface area (Å²) in [5.41, 5.74) is -1.000. The van der Waals surface area contributed by atoms with Crippen LogP contribution in [0.2, 0.25) is 0 Å². The lowest BCUT2D eigenvalue weighted by atomic mass is 9.92. The molecule has 0 bridgehead atoms. The number of aliphatic hydroxyl groups excluding tert-OH is 1. The zero-order valence-electron chi connectivity index (χ0n) is 18.4.